The molecule has 22 heavy (non-hydrogen) atoms. The van der Waals surface area contributed by atoms with Crippen molar-refractivity contribution < 1.29 is 29.3 Å². The van der Waals surface area contributed by atoms with Gasteiger partial charge in [0.1, 0.15) is 28.8 Å². The van der Waals surface area contributed by atoms with Gasteiger partial charge in [0, 0.05) is 6.07 Å². The monoisotopic (exact) mass is 330 g/mol. The molecule has 0 aliphatic rings. The predicted octanol–water partition coefficient (Wildman–Crippen LogP) is 3.24. The standard InChI is InChI=1S/C15H19ClO6/c1-8(5-13(18)22-15(2,3)4)21-12-7-11(17)9(14(19)20)6-10(12)16/h6-8,17H,5H2,1-4H3,(H,19,20). The Morgan fingerprint density at radius 1 is 1.32 bits per heavy atom. The van der Waals surface area contributed by atoms with Gasteiger partial charge < -0.3 is 19.7 Å². The number of carboxylic acid groups (broad SMARTS) is 1. The molecular weight excluding hydrogens is 312 g/mol. The molecule has 6 nitrogen and oxygen atoms in total. The SMILES string of the molecule is CC(CC(=O)OC(C)(C)C)Oc1cc(O)c(C(=O)O)cc1Cl. The second kappa shape index (κ2) is 6.87. The molecule has 0 aromatic heterocycles. The van der Waals surface area contributed by atoms with Crippen LogP contribution in [0.4, 0.5) is 0 Å². The first-order valence-corrected chi connectivity index (χ1v) is 7.01. The van der Waals surface area contributed by atoms with Crippen molar-refractivity contribution in [1.29, 1.82) is 0 Å². The zero-order valence-electron chi connectivity index (χ0n) is 12.8. The number of hydrogen-bond acceptors (Lipinski definition) is 5. The molecule has 7 heteroatoms. The minimum atomic E-state index is -1.30. The van der Waals surface area contributed by atoms with Crippen LogP contribution in [0, 0.1) is 0 Å². The third kappa shape index (κ3) is 5.44. The summed E-state index contributed by atoms with van der Waals surface area (Å²) >= 11 is 5.92. The lowest BCUT2D eigenvalue weighted by Crippen LogP contribution is -2.27. The number of aromatic carboxylic acids is 1. The molecule has 1 aromatic carbocycles. The average Bonchev–Trinajstić information content (AvgIpc) is 2.30. The topological polar surface area (TPSA) is 93.1 Å². The van der Waals surface area contributed by atoms with Crippen molar-refractivity contribution in [2.45, 2.75) is 45.8 Å². The smallest absolute Gasteiger partial charge is 0.339 e. The maximum absolute atomic E-state index is 11.7. The Morgan fingerprint density at radius 3 is 2.41 bits per heavy atom. The van der Waals surface area contributed by atoms with Crippen molar-refractivity contribution in [1.82, 2.24) is 0 Å². The second-order valence-corrected chi connectivity index (χ2v) is 6.23. The summed E-state index contributed by atoms with van der Waals surface area (Å²) in [5.74, 6) is -2.09. The molecule has 2 N–H and O–H groups in total. The van der Waals surface area contributed by atoms with Crippen LogP contribution < -0.4 is 4.74 Å². The minimum absolute atomic E-state index is 0.00492. The molecule has 0 spiro atoms. The number of carboxylic acids is 1. The highest BCUT2D eigenvalue weighted by atomic mass is 35.5. The number of carbonyl (C=O) groups excluding carboxylic acids is 1. The first-order chi connectivity index (χ1) is 9.99. The van der Waals surface area contributed by atoms with Crippen molar-refractivity contribution in [3.8, 4) is 11.5 Å². The van der Waals surface area contributed by atoms with Crippen LogP contribution >= 0.6 is 11.6 Å². The number of aromatic hydroxyl groups is 1. The fourth-order valence-electron chi connectivity index (χ4n) is 1.68. The zero-order chi connectivity index (χ0) is 17.1. The van der Waals surface area contributed by atoms with E-state index in [1.54, 1.807) is 27.7 Å². The van der Waals surface area contributed by atoms with Crippen LogP contribution in [-0.2, 0) is 9.53 Å². The Hall–Kier alpha value is -1.95. The van der Waals surface area contributed by atoms with E-state index in [9.17, 15) is 14.7 Å². The molecule has 122 valence electrons. The van der Waals surface area contributed by atoms with Crippen LogP contribution in [0.5, 0.6) is 11.5 Å². The molecule has 0 saturated heterocycles. The van der Waals surface area contributed by atoms with E-state index in [1.165, 1.54) is 0 Å². The summed E-state index contributed by atoms with van der Waals surface area (Å²) < 4.78 is 10.6. The van der Waals surface area contributed by atoms with E-state index in [0.717, 1.165) is 12.1 Å². The van der Waals surface area contributed by atoms with Crippen LogP contribution in [0.3, 0.4) is 0 Å². The molecule has 0 bridgehead atoms. The van der Waals surface area contributed by atoms with E-state index >= 15 is 0 Å². The first kappa shape index (κ1) is 18.1. The highest BCUT2D eigenvalue weighted by Gasteiger charge is 2.21. The van der Waals surface area contributed by atoms with E-state index in [-0.39, 0.29) is 22.8 Å². The summed E-state index contributed by atoms with van der Waals surface area (Å²) in [6, 6.07) is 2.20. The molecule has 1 aromatic rings. The van der Waals surface area contributed by atoms with E-state index in [2.05, 4.69) is 0 Å². The van der Waals surface area contributed by atoms with E-state index in [0.29, 0.717) is 0 Å². The first-order valence-electron chi connectivity index (χ1n) is 6.64. The molecular formula is C15H19ClO6. The van der Waals surface area contributed by atoms with Crippen molar-refractivity contribution in [3.05, 3.63) is 22.7 Å². The van der Waals surface area contributed by atoms with Gasteiger partial charge in [-0.05, 0) is 33.8 Å². The summed E-state index contributed by atoms with van der Waals surface area (Å²) in [5.41, 5.74) is -0.910. The summed E-state index contributed by atoms with van der Waals surface area (Å²) in [6.07, 6.45) is -0.558. The maximum atomic E-state index is 11.7. The highest BCUT2D eigenvalue weighted by Crippen LogP contribution is 2.33. The lowest BCUT2D eigenvalue weighted by molar-refractivity contribution is -0.156. The third-order valence-corrected chi connectivity index (χ3v) is 2.78. The number of halogens is 1. The molecule has 1 atom stereocenters. The number of ether oxygens (including phenoxy) is 2. The molecule has 1 unspecified atom stereocenters. The molecule has 0 aliphatic heterocycles. The van der Waals surface area contributed by atoms with Crippen LogP contribution in [0.1, 0.15) is 44.5 Å². The summed E-state index contributed by atoms with van der Waals surface area (Å²) in [4.78, 5) is 22.6. The summed E-state index contributed by atoms with van der Waals surface area (Å²) in [6.45, 7) is 6.92. The van der Waals surface area contributed by atoms with Gasteiger partial charge in [-0.15, -0.1) is 0 Å². The number of hydrogen-bond donors (Lipinski definition) is 2. The lowest BCUT2D eigenvalue weighted by Gasteiger charge is -2.21. The van der Waals surface area contributed by atoms with Crippen LogP contribution in [0.2, 0.25) is 5.02 Å². The van der Waals surface area contributed by atoms with Gasteiger partial charge in [0.15, 0.2) is 0 Å². The Morgan fingerprint density at radius 2 is 1.91 bits per heavy atom. The van der Waals surface area contributed by atoms with Crippen molar-refractivity contribution in [3.63, 3.8) is 0 Å². The van der Waals surface area contributed by atoms with E-state index in [4.69, 9.17) is 26.2 Å². The highest BCUT2D eigenvalue weighted by molar-refractivity contribution is 6.32. The Labute approximate surface area is 133 Å². The quantitative estimate of drug-likeness (QED) is 0.805. The molecule has 0 saturated carbocycles. The van der Waals surface area contributed by atoms with Crippen molar-refractivity contribution >= 4 is 23.5 Å². The van der Waals surface area contributed by atoms with Gasteiger partial charge in [-0.1, -0.05) is 11.6 Å². The number of rotatable bonds is 5. The van der Waals surface area contributed by atoms with Crippen molar-refractivity contribution in [2.24, 2.45) is 0 Å². The van der Waals surface area contributed by atoms with Crippen LogP contribution in [0.25, 0.3) is 0 Å². The largest absolute Gasteiger partial charge is 0.507 e. The molecule has 0 aliphatic carbocycles. The van der Waals surface area contributed by atoms with Crippen molar-refractivity contribution in [2.75, 3.05) is 0 Å². The molecule has 0 fully saturated rings. The Balaban J connectivity index is 2.77. The van der Waals surface area contributed by atoms with Gasteiger partial charge in [-0.25, -0.2) is 4.79 Å². The van der Waals surface area contributed by atoms with Gasteiger partial charge in [-0.3, -0.25) is 4.79 Å². The molecule has 0 amide bonds. The zero-order valence-corrected chi connectivity index (χ0v) is 13.6. The summed E-state index contributed by atoms with van der Waals surface area (Å²) in [5, 5.41) is 18.5. The average molecular weight is 331 g/mol. The van der Waals surface area contributed by atoms with Gasteiger partial charge in [0.2, 0.25) is 0 Å². The molecule has 0 heterocycles. The van der Waals surface area contributed by atoms with Gasteiger partial charge >= 0.3 is 11.9 Å². The Bertz CT molecular complexity index is 576. The maximum Gasteiger partial charge on any atom is 0.339 e. The van der Waals surface area contributed by atoms with E-state index < -0.39 is 29.4 Å². The predicted molar refractivity (Wildman–Crippen MR) is 80.6 cm³/mol. The third-order valence-electron chi connectivity index (χ3n) is 2.48. The summed E-state index contributed by atoms with van der Waals surface area (Å²) in [7, 11) is 0. The fourth-order valence-corrected chi connectivity index (χ4v) is 1.89. The molecule has 0 radical (unpaired) electrons. The van der Waals surface area contributed by atoms with Crippen LogP contribution in [0.15, 0.2) is 12.1 Å². The van der Waals surface area contributed by atoms with Gasteiger partial charge in [-0.2, -0.15) is 0 Å². The van der Waals surface area contributed by atoms with Gasteiger partial charge in [0.25, 0.3) is 0 Å². The fraction of sp³-hybridized carbons (Fsp3) is 0.467. The number of esters is 1. The number of benzene rings is 1. The Kier molecular flexibility index (Phi) is 5.65. The number of phenols is 1. The van der Waals surface area contributed by atoms with Crippen LogP contribution in [-0.4, -0.2) is 33.9 Å². The number of carbonyl (C=O) groups is 2. The normalized spacial score (nSPS) is 12.6. The van der Waals surface area contributed by atoms with Gasteiger partial charge in [0.05, 0.1) is 11.4 Å². The van der Waals surface area contributed by atoms with E-state index in [1.807, 2.05) is 0 Å². The lowest BCUT2D eigenvalue weighted by atomic mass is 10.2. The second-order valence-electron chi connectivity index (χ2n) is 5.82. The molecule has 1 rings (SSSR count). The minimum Gasteiger partial charge on any atom is -0.507 e.